The van der Waals surface area contributed by atoms with Crippen molar-refractivity contribution in [1.82, 2.24) is 5.43 Å². The topological polar surface area (TPSA) is 38.0 Å². The molecule has 0 bridgehead atoms. The van der Waals surface area contributed by atoms with Gasteiger partial charge in [-0.1, -0.05) is 33.6 Å². The summed E-state index contributed by atoms with van der Waals surface area (Å²) in [6.07, 6.45) is 0.287. The lowest BCUT2D eigenvalue weighted by Gasteiger charge is -2.17. The lowest BCUT2D eigenvalue weighted by Crippen LogP contribution is -2.29. The van der Waals surface area contributed by atoms with Crippen LogP contribution in [0.1, 0.15) is 17.2 Å². The van der Waals surface area contributed by atoms with Crippen molar-refractivity contribution in [3.8, 4) is 0 Å². The first-order chi connectivity index (χ1) is 9.49. The summed E-state index contributed by atoms with van der Waals surface area (Å²) in [5, 5.41) is 0.550. The summed E-state index contributed by atoms with van der Waals surface area (Å²) < 4.78 is 27.4. The smallest absolute Gasteiger partial charge is 0.129 e. The monoisotopic (exact) mass is 360 g/mol. The van der Waals surface area contributed by atoms with Crippen LogP contribution in [0.25, 0.3) is 0 Å². The van der Waals surface area contributed by atoms with Crippen molar-refractivity contribution in [3.05, 3.63) is 68.7 Å². The summed E-state index contributed by atoms with van der Waals surface area (Å²) in [5.41, 5.74) is 3.82. The van der Waals surface area contributed by atoms with E-state index in [1.54, 1.807) is 12.1 Å². The van der Waals surface area contributed by atoms with E-state index in [2.05, 4.69) is 21.4 Å². The molecule has 0 amide bonds. The van der Waals surface area contributed by atoms with Crippen LogP contribution in [0.2, 0.25) is 5.02 Å². The summed E-state index contributed by atoms with van der Waals surface area (Å²) in [7, 11) is 0. The molecule has 0 fully saturated rings. The first kappa shape index (κ1) is 15.4. The number of rotatable bonds is 4. The number of benzene rings is 2. The summed E-state index contributed by atoms with van der Waals surface area (Å²) in [4.78, 5) is 0. The second-order valence-electron chi connectivity index (χ2n) is 4.36. The van der Waals surface area contributed by atoms with E-state index in [1.165, 1.54) is 12.1 Å². The highest BCUT2D eigenvalue weighted by molar-refractivity contribution is 9.10. The summed E-state index contributed by atoms with van der Waals surface area (Å²) in [6, 6.07) is 8.50. The molecule has 0 spiro atoms. The highest BCUT2D eigenvalue weighted by atomic mass is 79.9. The van der Waals surface area contributed by atoms with Gasteiger partial charge in [-0.3, -0.25) is 11.3 Å². The predicted molar refractivity (Wildman–Crippen MR) is 79.3 cm³/mol. The first-order valence-corrected chi connectivity index (χ1v) is 7.02. The van der Waals surface area contributed by atoms with Crippen molar-refractivity contribution >= 4 is 27.5 Å². The molecular formula is C14H12BrClF2N2. The Hall–Kier alpha value is -1.01. The second kappa shape index (κ2) is 6.63. The molecule has 2 nitrogen and oxygen atoms in total. The molecule has 3 N–H and O–H groups in total. The van der Waals surface area contributed by atoms with E-state index in [4.69, 9.17) is 17.4 Å². The van der Waals surface area contributed by atoms with Crippen molar-refractivity contribution in [1.29, 1.82) is 0 Å². The largest absolute Gasteiger partial charge is 0.271 e. The maximum atomic E-state index is 13.7. The highest BCUT2D eigenvalue weighted by Gasteiger charge is 2.15. The third-order valence-electron chi connectivity index (χ3n) is 2.93. The fraction of sp³-hybridized carbons (Fsp3) is 0.143. The van der Waals surface area contributed by atoms with Crippen molar-refractivity contribution in [2.45, 2.75) is 12.5 Å². The molecule has 0 saturated heterocycles. The average Bonchev–Trinajstić information content (AvgIpc) is 2.36. The average molecular weight is 362 g/mol. The Morgan fingerprint density at radius 2 is 1.95 bits per heavy atom. The standard InChI is InChI=1S/C14H12BrClF2N2/c15-10-3-9(4-11(16)6-10)14(20-19)5-8-1-2-12(17)7-13(8)18/h1-4,6-7,14,20H,5,19H2. The second-order valence-corrected chi connectivity index (χ2v) is 5.71. The SMILES string of the molecule is NNC(Cc1ccc(F)cc1F)c1cc(Cl)cc(Br)c1. The van der Waals surface area contributed by atoms with Gasteiger partial charge in [0.25, 0.3) is 0 Å². The van der Waals surface area contributed by atoms with Gasteiger partial charge in [-0.2, -0.15) is 0 Å². The quantitative estimate of drug-likeness (QED) is 0.635. The van der Waals surface area contributed by atoms with E-state index in [9.17, 15) is 8.78 Å². The summed E-state index contributed by atoms with van der Waals surface area (Å²) >= 11 is 9.33. The third kappa shape index (κ3) is 3.76. The Labute approximate surface area is 129 Å². The van der Waals surface area contributed by atoms with Gasteiger partial charge >= 0.3 is 0 Å². The van der Waals surface area contributed by atoms with Gasteiger partial charge < -0.3 is 0 Å². The molecule has 20 heavy (non-hydrogen) atoms. The molecule has 0 radical (unpaired) electrons. The number of hydrogen-bond donors (Lipinski definition) is 2. The zero-order valence-electron chi connectivity index (χ0n) is 10.3. The Kier molecular flexibility index (Phi) is 5.10. The minimum atomic E-state index is -0.603. The van der Waals surface area contributed by atoms with Crippen LogP contribution in [0.15, 0.2) is 40.9 Å². The van der Waals surface area contributed by atoms with Crippen LogP contribution < -0.4 is 11.3 Å². The van der Waals surface area contributed by atoms with Gasteiger partial charge in [0.05, 0.1) is 6.04 Å². The molecule has 0 heterocycles. The number of halogens is 4. The molecule has 6 heteroatoms. The molecule has 0 aliphatic carbocycles. The van der Waals surface area contributed by atoms with Gasteiger partial charge in [0.15, 0.2) is 0 Å². The van der Waals surface area contributed by atoms with Crippen LogP contribution in [0.3, 0.4) is 0 Å². The molecule has 1 unspecified atom stereocenters. The Bertz CT molecular complexity index is 602. The lowest BCUT2D eigenvalue weighted by atomic mass is 9.99. The van der Waals surface area contributed by atoms with Gasteiger partial charge in [-0.25, -0.2) is 8.78 Å². The maximum absolute atomic E-state index is 13.7. The Balaban J connectivity index is 2.28. The normalized spacial score (nSPS) is 12.4. The molecule has 2 aromatic rings. The van der Waals surface area contributed by atoms with Gasteiger partial charge in [-0.05, 0) is 41.8 Å². The van der Waals surface area contributed by atoms with Crippen LogP contribution in [-0.2, 0) is 6.42 Å². The first-order valence-electron chi connectivity index (χ1n) is 5.85. The fourth-order valence-electron chi connectivity index (χ4n) is 1.96. The van der Waals surface area contributed by atoms with E-state index in [0.29, 0.717) is 10.6 Å². The molecule has 106 valence electrons. The highest BCUT2D eigenvalue weighted by Crippen LogP contribution is 2.26. The minimum absolute atomic E-state index is 0.287. The van der Waals surface area contributed by atoms with Crippen LogP contribution in [0, 0.1) is 11.6 Å². The van der Waals surface area contributed by atoms with Crippen molar-refractivity contribution in [2.75, 3.05) is 0 Å². The molecule has 0 aromatic heterocycles. The molecule has 0 saturated carbocycles. The Morgan fingerprint density at radius 1 is 1.20 bits per heavy atom. The van der Waals surface area contributed by atoms with Crippen molar-refractivity contribution < 1.29 is 8.78 Å². The lowest BCUT2D eigenvalue weighted by molar-refractivity contribution is 0.522. The number of hydrogen-bond acceptors (Lipinski definition) is 2. The van der Waals surface area contributed by atoms with Crippen LogP contribution in [-0.4, -0.2) is 0 Å². The fourth-order valence-corrected chi connectivity index (χ4v) is 2.84. The van der Waals surface area contributed by atoms with E-state index in [-0.39, 0.29) is 12.5 Å². The molecular weight excluding hydrogens is 350 g/mol. The van der Waals surface area contributed by atoms with E-state index >= 15 is 0 Å². The number of hydrazine groups is 1. The third-order valence-corrected chi connectivity index (χ3v) is 3.60. The van der Waals surface area contributed by atoms with Gasteiger partial charge in [0.1, 0.15) is 11.6 Å². The summed E-state index contributed by atoms with van der Waals surface area (Å²) in [6.45, 7) is 0. The van der Waals surface area contributed by atoms with Crippen molar-refractivity contribution in [2.24, 2.45) is 5.84 Å². The van der Waals surface area contributed by atoms with Gasteiger partial charge in [-0.15, -0.1) is 0 Å². The van der Waals surface area contributed by atoms with Crippen LogP contribution >= 0.6 is 27.5 Å². The number of nitrogens with one attached hydrogen (secondary N) is 1. The summed E-state index contributed by atoms with van der Waals surface area (Å²) in [5.74, 6) is 4.33. The van der Waals surface area contributed by atoms with E-state index in [1.807, 2.05) is 6.07 Å². The molecule has 0 aliphatic rings. The van der Waals surface area contributed by atoms with E-state index < -0.39 is 11.6 Å². The van der Waals surface area contributed by atoms with Crippen LogP contribution in [0.5, 0.6) is 0 Å². The molecule has 0 aliphatic heterocycles. The molecule has 2 aromatic carbocycles. The van der Waals surface area contributed by atoms with Crippen molar-refractivity contribution in [3.63, 3.8) is 0 Å². The number of nitrogens with two attached hydrogens (primary N) is 1. The van der Waals surface area contributed by atoms with Gasteiger partial charge in [0.2, 0.25) is 0 Å². The predicted octanol–water partition coefficient (Wildman–Crippen LogP) is 4.13. The Morgan fingerprint density at radius 3 is 2.55 bits per heavy atom. The molecule has 1 atom stereocenters. The van der Waals surface area contributed by atoms with Gasteiger partial charge in [0, 0.05) is 15.6 Å². The zero-order chi connectivity index (χ0) is 14.7. The van der Waals surface area contributed by atoms with E-state index in [0.717, 1.165) is 16.1 Å². The minimum Gasteiger partial charge on any atom is -0.271 e. The zero-order valence-corrected chi connectivity index (χ0v) is 12.7. The van der Waals surface area contributed by atoms with Crippen LogP contribution in [0.4, 0.5) is 8.78 Å². The maximum Gasteiger partial charge on any atom is 0.129 e. The molecule has 2 rings (SSSR count).